The number of rotatable bonds is 9. The van der Waals surface area contributed by atoms with Crippen LogP contribution >= 0.6 is 0 Å². The van der Waals surface area contributed by atoms with Crippen LogP contribution in [0.2, 0.25) is 0 Å². The van der Waals surface area contributed by atoms with Gasteiger partial charge in [-0.25, -0.2) is 30.8 Å². The Hall–Kier alpha value is -4.15. The number of carbonyl (C=O) groups excluding carboxylic acids is 1. The molecule has 0 aliphatic rings. The van der Waals surface area contributed by atoms with E-state index in [1.165, 1.54) is 36.7 Å². The third kappa shape index (κ3) is 5.57. The van der Waals surface area contributed by atoms with Crippen molar-refractivity contribution in [3.8, 4) is 11.3 Å². The lowest BCUT2D eigenvalue weighted by molar-refractivity contribution is 0.0984. The van der Waals surface area contributed by atoms with Gasteiger partial charge in [-0.15, -0.1) is 0 Å². The van der Waals surface area contributed by atoms with E-state index in [2.05, 4.69) is 9.97 Å². The highest BCUT2D eigenvalue weighted by Gasteiger charge is 2.26. The Morgan fingerprint density at radius 1 is 0.854 bits per heavy atom. The van der Waals surface area contributed by atoms with Crippen LogP contribution < -0.4 is 0 Å². The molecule has 8 nitrogen and oxygen atoms in total. The number of benzene rings is 3. The zero-order valence-corrected chi connectivity index (χ0v) is 24.5. The average molecular weight is 588 g/mol. The molecule has 0 spiro atoms. The van der Waals surface area contributed by atoms with E-state index in [1.807, 2.05) is 37.3 Å². The van der Waals surface area contributed by atoms with Gasteiger partial charge in [0.2, 0.25) is 0 Å². The number of fused-ring (bicyclic) bond motifs is 1. The summed E-state index contributed by atoms with van der Waals surface area (Å²) in [5, 5.41) is -0.566. The van der Waals surface area contributed by atoms with Gasteiger partial charge in [0.1, 0.15) is 5.52 Å². The third-order valence-electron chi connectivity index (χ3n) is 6.92. The number of Topliss-reactive ketones (excluding diaryl/α,β-unsaturated/α-hetero) is 1. The standard InChI is InChI=1S/C31H29N3O5S2/c1-21(2)40(36,37)25-16-12-24(13-17-25)28-19-32-31-30(33-28)27(29(35)18-11-23-7-5-4-6-8-23)20-34(31)41(38,39)26-14-9-22(3)10-15-26/h4-10,12-17,19-21H,11,18H2,1-3H3. The lowest BCUT2D eigenvalue weighted by Crippen LogP contribution is -2.13. The van der Waals surface area contributed by atoms with Gasteiger partial charge < -0.3 is 0 Å². The van der Waals surface area contributed by atoms with Crippen LogP contribution in [-0.4, -0.2) is 41.8 Å². The molecular weight excluding hydrogens is 558 g/mol. The maximum atomic E-state index is 13.6. The zero-order valence-electron chi connectivity index (χ0n) is 22.9. The van der Waals surface area contributed by atoms with Crippen molar-refractivity contribution in [3.63, 3.8) is 0 Å². The van der Waals surface area contributed by atoms with Crippen molar-refractivity contribution in [3.05, 3.63) is 108 Å². The van der Waals surface area contributed by atoms with Crippen LogP contribution in [0.15, 0.2) is 101 Å². The topological polar surface area (TPSA) is 116 Å². The number of carbonyl (C=O) groups is 1. The van der Waals surface area contributed by atoms with E-state index in [0.29, 0.717) is 17.7 Å². The molecule has 0 aliphatic carbocycles. The van der Waals surface area contributed by atoms with E-state index < -0.39 is 25.1 Å². The lowest BCUT2D eigenvalue weighted by Gasteiger charge is -2.09. The smallest absolute Gasteiger partial charge is 0.269 e. The van der Waals surface area contributed by atoms with Crippen molar-refractivity contribution in [1.82, 2.24) is 13.9 Å². The van der Waals surface area contributed by atoms with Gasteiger partial charge in [0, 0.05) is 18.2 Å². The van der Waals surface area contributed by atoms with Gasteiger partial charge in [-0.05, 0) is 57.0 Å². The average Bonchev–Trinajstić information content (AvgIpc) is 3.36. The van der Waals surface area contributed by atoms with E-state index in [-0.39, 0.29) is 38.7 Å². The summed E-state index contributed by atoms with van der Waals surface area (Å²) in [4.78, 5) is 22.8. The molecule has 0 atom stereocenters. The van der Waals surface area contributed by atoms with Crippen LogP contribution in [0.4, 0.5) is 0 Å². The minimum Gasteiger partial charge on any atom is -0.294 e. The Morgan fingerprint density at radius 2 is 1.49 bits per heavy atom. The summed E-state index contributed by atoms with van der Waals surface area (Å²) in [5.74, 6) is -0.262. The maximum absolute atomic E-state index is 13.6. The molecule has 0 unspecified atom stereocenters. The predicted molar refractivity (Wildman–Crippen MR) is 158 cm³/mol. The Kier molecular flexibility index (Phi) is 7.63. The highest BCUT2D eigenvalue weighted by Crippen LogP contribution is 2.28. The van der Waals surface area contributed by atoms with Crippen molar-refractivity contribution >= 4 is 36.8 Å². The van der Waals surface area contributed by atoms with E-state index in [0.717, 1.165) is 15.1 Å². The van der Waals surface area contributed by atoms with E-state index >= 15 is 0 Å². The molecular formula is C31H29N3O5S2. The van der Waals surface area contributed by atoms with Gasteiger partial charge in [0.25, 0.3) is 10.0 Å². The van der Waals surface area contributed by atoms with Crippen LogP contribution in [-0.2, 0) is 26.3 Å². The number of hydrogen-bond acceptors (Lipinski definition) is 7. The summed E-state index contributed by atoms with van der Waals surface area (Å²) >= 11 is 0. The summed E-state index contributed by atoms with van der Waals surface area (Å²) in [6.07, 6.45) is 3.36. The predicted octanol–water partition coefficient (Wildman–Crippen LogP) is 5.64. The second kappa shape index (κ2) is 11.0. The number of aryl methyl sites for hydroxylation is 2. The van der Waals surface area contributed by atoms with Crippen LogP contribution in [0.1, 0.15) is 41.8 Å². The highest BCUT2D eigenvalue weighted by molar-refractivity contribution is 7.92. The number of hydrogen-bond donors (Lipinski definition) is 0. The first-order valence-corrected chi connectivity index (χ1v) is 16.1. The van der Waals surface area contributed by atoms with Gasteiger partial charge in [-0.1, -0.05) is 60.2 Å². The van der Waals surface area contributed by atoms with Crippen LogP contribution in [0.3, 0.4) is 0 Å². The van der Waals surface area contributed by atoms with Crippen molar-refractivity contribution in [2.75, 3.05) is 0 Å². The summed E-state index contributed by atoms with van der Waals surface area (Å²) < 4.78 is 53.4. The molecule has 0 saturated heterocycles. The normalized spacial score (nSPS) is 12.2. The minimum absolute atomic E-state index is 0.0383. The molecule has 0 radical (unpaired) electrons. The number of ketones is 1. The molecule has 10 heteroatoms. The largest absolute Gasteiger partial charge is 0.294 e. The molecule has 41 heavy (non-hydrogen) atoms. The Labute approximate surface area is 239 Å². The fourth-order valence-electron chi connectivity index (χ4n) is 4.44. The number of sulfone groups is 1. The molecule has 3 aromatic carbocycles. The summed E-state index contributed by atoms with van der Waals surface area (Å²) in [5.41, 5.74) is 3.22. The van der Waals surface area contributed by atoms with Crippen LogP contribution in [0, 0.1) is 6.92 Å². The van der Waals surface area contributed by atoms with Crippen LogP contribution in [0.25, 0.3) is 22.4 Å². The number of aromatic nitrogens is 3. The first-order valence-electron chi connectivity index (χ1n) is 13.1. The molecule has 5 aromatic rings. The molecule has 0 saturated carbocycles. The van der Waals surface area contributed by atoms with Crippen LogP contribution in [0.5, 0.6) is 0 Å². The summed E-state index contributed by atoms with van der Waals surface area (Å²) in [6.45, 7) is 5.10. The molecule has 0 N–H and O–H groups in total. The molecule has 2 aromatic heterocycles. The molecule has 2 heterocycles. The zero-order chi connectivity index (χ0) is 29.4. The van der Waals surface area contributed by atoms with E-state index in [4.69, 9.17) is 0 Å². The first kappa shape index (κ1) is 28.4. The van der Waals surface area contributed by atoms with E-state index in [1.54, 1.807) is 38.1 Å². The lowest BCUT2D eigenvalue weighted by atomic mass is 10.0. The molecule has 210 valence electrons. The Balaban J connectivity index is 1.60. The van der Waals surface area contributed by atoms with Crippen molar-refractivity contribution in [2.45, 2.75) is 48.7 Å². The molecule has 0 amide bonds. The minimum atomic E-state index is -4.07. The molecule has 0 bridgehead atoms. The SMILES string of the molecule is Cc1ccc(S(=O)(=O)n2cc(C(=O)CCc3ccccc3)c3nc(-c4ccc(S(=O)(=O)C(C)C)cc4)cnc32)cc1. The van der Waals surface area contributed by atoms with Crippen molar-refractivity contribution in [2.24, 2.45) is 0 Å². The molecule has 5 rings (SSSR count). The molecule has 0 aliphatic heterocycles. The Bertz CT molecular complexity index is 1950. The summed E-state index contributed by atoms with van der Waals surface area (Å²) in [6, 6.07) is 22.3. The van der Waals surface area contributed by atoms with Gasteiger partial charge in [0.15, 0.2) is 21.3 Å². The maximum Gasteiger partial charge on any atom is 0.269 e. The van der Waals surface area contributed by atoms with E-state index in [9.17, 15) is 21.6 Å². The highest BCUT2D eigenvalue weighted by atomic mass is 32.2. The van der Waals surface area contributed by atoms with Gasteiger partial charge in [-0.2, -0.15) is 0 Å². The quantitative estimate of drug-likeness (QED) is 0.205. The second-order valence-electron chi connectivity index (χ2n) is 10.1. The molecule has 0 fully saturated rings. The first-order chi connectivity index (χ1) is 19.5. The fourth-order valence-corrected chi connectivity index (χ4v) is 6.81. The van der Waals surface area contributed by atoms with Gasteiger partial charge >= 0.3 is 0 Å². The Morgan fingerprint density at radius 3 is 2.12 bits per heavy atom. The summed E-state index contributed by atoms with van der Waals surface area (Å²) in [7, 11) is -7.53. The monoisotopic (exact) mass is 587 g/mol. The second-order valence-corrected chi connectivity index (χ2v) is 14.4. The van der Waals surface area contributed by atoms with Crippen molar-refractivity contribution < 1.29 is 21.6 Å². The number of nitrogens with zero attached hydrogens (tertiary/aromatic N) is 3. The van der Waals surface area contributed by atoms with Gasteiger partial charge in [0.05, 0.1) is 32.5 Å². The van der Waals surface area contributed by atoms with Gasteiger partial charge in [-0.3, -0.25) is 4.79 Å². The van der Waals surface area contributed by atoms with Crippen molar-refractivity contribution in [1.29, 1.82) is 0 Å². The fraction of sp³-hybridized carbons (Fsp3) is 0.194. The third-order valence-corrected chi connectivity index (χ3v) is 10.8.